The fourth-order valence-corrected chi connectivity index (χ4v) is 2.47. The number of nitrogens with zero attached hydrogens (tertiary/aromatic N) is 1. The Morgan fingerprint density at radius 3 is 2.30 bits per heavy atom. The molecule has 2 fully saturated rings. The zero-order chi connectivity index (χ0) is 17.2. The first kappa shape index (κ1) is 17.0. The predicted octanol–water partition coefficient (Wildman–Crippen LogP) is -0.888. The monoisotopic (exact) mass is 336 g/mol. The lowest BCUT2D eigenvalue weighted by Gasteiger charge is -2.31. The third-order valence-corrected chi connectivity index (χ3v) is 3.73. The lowest BCUT2D eigenvalue weighted by Crippen LogP contribution is -2.49. The molecule has 23 heavy (non-hydrogen) atoms. The fourth-order valence-electron chi connectivity index (χ4n) is 2.47. The minimum atomic E-state index is -4.91. The van der Waals surface area contributed by atoms with E-state index in [2.05, 4.69) is 10.6 Å². The molecule has 3 N–H and O–H groups in total. The van der Waals surface area contributed by atoms with E-state index in [9.17, 15) is 32.3 Å². The van der Waals surface area contributed by atoms with Crippen LogP contribution in [0.4, 0.5) is 18.0 Å². The van der Waals surface area contributed by atoms with Gasteiger partial charge >= 0.3 is 18.1 Å². The van der Waals surface area contributed by atoms with Gasteiger partial charge in [-0.05, 0) is 12.8 Å². The maximum Gasteiger partial charge on any atom is 0.471 e. The van der Waals surface area contributed by atoms with Gasteiger partial charge in [0.2, 0.25) is 5.91 Å². The molecule has 5 amide bonds. The highest BCUT2D eigenvalue weighted by molar-refractivity contribution is 6.04. The van der Waals surface area contributed by atoms with Crippen LogP contribution >= 0.6 is 0 Å². The molecule has 0 aromatic rings. The van der Waals surface area contributed by atoms with E-state index in [1.54, 1.807) is 0 Å². The van der Waals surface area contributed by atoms with E-state index in [1.807, 2.05) is 5.32 Å². The molecule has 11 heteroatoms. The van der Waals surface area contributed by atoms with Crippen molar-refractivity contribution in [1.29, 1.82) is 0 Å². The normalized spacial score (nSPS) is 22.6. The number of nitrogens with one attached hydrogen (secondary N) is 3. The first-order chi connectivity index (χ1) is 10.7. The molecule has 2 saturated heterocycles. The summed E-state index contributed by atoms with van der Waals surface area (Å²) in [5.74, 6) is -3.41. The molecule has 0 spiro atoms. The van der Waals surface area contributed by atoms with Crippen molar-refractivity contribution in [2.24, 2.45) is 5.92 Å². The molecule has 1 atom stereocenters. The Morgan fingerprint density at radius 2 is 1.83 bits per heavy atom. The summed E-state index contributed by atoms with van der Waals surface area (Å²) in [6, 6.07) is -1.51. The highest BCUT2D eigenvalue weighted by Gasteiger charge is 2.43. The Balaban J connectivity index is 1.77. The SMILES string of the molecule is O=C1NC(=O)C(CNC(=O)C2CCN(C(=O)C(F)(F)F)CC2)N1. The molecule has 2 rings (SSSR count). The number of hydrogen-bond acceptors (Lipinski definition) is 4. The number of amides is 5. The van der Waals surface area contributed by atoms with Crippen LogP contribution in [0.25, 0.3) is 0 Å². The molecular formula is C12H15F3N4O4. The summed E-state index contributed by atoms with van der Waals surface area (Å²) in [6.45, 7) is -0.410. The van der Waals surface area contributed by atoms with Crippen molar-refractivity contribution in [3.63, 3.8) is 0 Å². The van der Waals surface area contributed by atoms with E-state index in [4.69, 9.17) is 0 Å². The van der Waals surface area contributed by atoms with Gasteiger partial charge < -0.3 is 15.5 Å². The summed E-state index contributed by atoms with van der Waals surface area (Å²) in [7, 11) is 0. The van der Waals surface area contributed by atoms with E-state index >= 15 is 0 Å². The average molecular weight is 336 g/mol. The van der Waals surface area contributed by atoms with E-state index in [1.165, 1.54) is 0 Å². The van der Waals surface area contributed by atoms with Gasteiger partial charge in [-0.2, -0.15) is 13.2 Å². The molecule has 2 aliphatic heterocycles. The van der Waals surface area contributed by atoms with Gasteiger partial charge in [-0.3, -0.25) is 19.7 Å². The van der Waals surface area contributed by atoms with Crippen LogP contribution in [0.15, 0.2) is 0 Å². The summed E-state index contributed by atoms with van der Waals surface area (Å²) >= 11 is 0. The van der Waals surface area contributed by atoms with Gasteiger partial charge in [0.05, 0.1) is 0 Å². The molecule has 2 heterocycles. The molecule has 0 radical (unpaired) electrons. The van der Waals surface area contributed by atoms with Crippen LogP contribution in [-0.4, -0.2) is 60.5 Å². The quantitative estimate of drug-likeness (QED) is 0.581. The Kier molecular flexibility index (Phi) is 4.76. The Hall–Kier alpha value is -2.33. The lowest BCUT2D eigenvalue weighted by atomic mass is 9.95. The molecule has 0 aliphatic carbocycles. The fraction of sp³-hybridized carbons (Fsp3) is 0.667. The number of alkyl halides is 3. The molecule has 8 nitrogen and oxygen atoms in total. The third-order valence-electron chi connectivity index (χ3n) is 3.73. The summed E-state index contributed by atoms with van der Waals surface area (Å²) < 4.78 is 36.9. The van der Waals surface area contributed by atoms with Gasteiger partial charge in [-0.15, -0.1) is 0 Å². The maximum absolute atomic E-state index is 12.3. The zero-order valence-electron chi connectivity index (χ0n) is 11.9. The van der Waals surface area contributed by atoms with Crippen molar-refractivity contribution in [2.75, 3.05) is 19.6 Å². The van der Waals surface area contributed by atoms with Crippen LogP contribution in [0.3, 0.4) is 0 Å². The first-order valence-corrected chi connectivity index (χ1v) is 6.93. The lowest BCUT2D eigenvalue weighted by molar-refractivity contribution is -0.186. The van der Waals surface area contributed by atoms with Crippen LogP contribution in [-0.2, 0) is 14.4 Å². The van der Waals surface area contributed by atoms with Crippen LogP contribution in [0, 0.1) is 5.92 Å². The van der Waals surface area contributed by atoms with Crippen molar-refractivity contribution < 1.29 is 32.3 Å². The Labute approximate surface area is 128 Å². The van der Waals surface area contributed by atoms with Crippen LogP contribution in [0.2, 0.25) is 0 Å². The second-order valence-electron chi connectivity index (χ2n) is 5.32. The minimum absolute atomic E-state index is 0.0991. The zero-order valence-corrected chi connectivity index (χ0v) is 11.9. The summed E-state index contributed by atoms with van der Waals surface area (Å²) in [6.07, 6.45) is -4.70. The van der Waals surface area contributed by atoms with Gasteiger partial charge in [0.15, 0.2) is 0 Å². The molecule has 0 bridgehead atoms. The standard InChI is InChI=1S/C12H15F3N4O4/c13-12(14,15)10(22)19-3-1-6(2-4-19)8(20)16-5-7-9(21)18-11(23)17-7/h6-7H,1-5H2,(H,16,20)(H2,17,18,21,23). The second-order valence-corrected chi connectivity index (χ2v) is 5.32. The Morgan fingerprint density at radius 1 is 1.22 bits per heavy atom. The van der Waals surface area contributed by atoms with E-state index in [0.29, 0.717) is 4.90 Å². The van der Waals surface area contributed by atoms with Crippen LogP contribution < -0.4 is 16.0 Å². The molecule has 0 saturated carbocycles. The van der Waals surface area contributed by atoms with Gasteiger partial charge in [0, 0.05) is 25.6 Å². The van der Waals surface area contributed by atoms with Crippen LogP contribution in [0.5, 0.6) is 0 Å². The number of piperidine rings is 1. The van der Waals surface area contributed by atoms with Crippen molar-refractivity contribution >= 4 is 23.8 Å². The maximum atomic E-state index is 12.3. The van der Waals surface area contributed by atoms with E-state index in [0.717, 1.165) is 0 Å². The topological polar surface area (TPSA) is 108 Å². The third kappa shape index (κ3) is 4.11. The summed E-state index contributed by atoms with van der Waals surface area (Å²) in [4.78, 5) is 45.9. The number of urea groups is 1. The highest BCUT2D eigenvalue weighted by Crippen LogP contribution is 2.23. The van der Waals surface area contributed by atoms with Gasteiger partial charge in [-0.25, -0.2) is 4.79 Å². The van der Waals surface area contributed by atoms with E-state index < -0.39 is 41.9 Å². The van der Waals surface area contributed by atoms with Crippen molar-refractivity contribution in [1.82, 2.24) is 20.9 Å². The predicted molar refractivity (Wildman–Crippen MR) is 68.8 cm³/mol. The van der Waals surface area contributed by atoms with Crippen LogP contribution in [0.1, 0.15) is 12.8 Å². The number of halogens is 3. The van der Waals surface area contributed by atoms with E-state index in [-0.39, 0.29) is 32.5 Å². The number of likely N-dealkylation sites (tertiary alicyclic amines) is 1. The second kappa shape index (κ2) is 6.42. The number of carbonyl (C=O) groups is 4. The van der Waals surface area contributed by atoms with Crippen molar-refractivity contribution in [2.45, 2.75) is 25.1 Å². The number of rotatable bonds is 3. The summed E-state index contributed by atoms with van der Waals surface area (Å²) in [5.41, 5.74) is 0. The van der Waals surface area contributed by atoms with Gasteiger partial charge in [0.25, 0.3) is 5.91 Å². The number of imide groups is 1. The minimum Gasteiger partial charge on any atom is -0.353 e. The molecule has 0 aromatic heterocycles. The van der Waals surface area contributed by atoms with Gasteiger partial charge in [-0.1, -0.05) is 0 Å². The largest absolute Gasteiger partial charge is 0.471 e. The molecule has 0 aromatic carbocycles. The molecule has 1 unspecified atom stereocenters. The van der Waals surface area contributed by atoms with Crippen molar-refractivity contribution in [3.8, 4) is 0 Å². The highest BCUT2D eigenvalue weighted by atomic mass is 19.4. The first-order valence-electron chi connectivity index (χ1n) is 6.93. The average Bonchev–Trinajstić information content (AvgIpc) is 2.81. The number of hydrogen-bond donors (Lipinski definition) is 3. The van der Waals surface area contributed by atoms with Gasteiger partial charge in [0.1, 0.15) is 6.04 Å². The van der Waals surface area contributed by atoms with Crippen molar-refractivity contribution in [3.05, 3.63) is 0 Å². The summed E-state index contributed by atoms with van der Waals surface area (Å²) in [5, 5.41) is 6.80. The molecule has 128 valence electrons. The smallest absolute Gasteiger partial charge is 0.353 e. The Bertz CT molecular complexity index is 529. The number of carbonyl (C=O) groups excluding carboxylic acids is 4. The molecular weight excluding hydrogens is 321 g/mol. The molecule has 2 aliphatic rings.